The standard InChI is InChI=1S/C11H14FN3/c1-7-13-10-9(11(2,3)4)5-8(12)6-15(10)14-7/h5-6H,1-4H3. The molecule has 2 rings (SSSR count). The molecule has 0 aliphatic carbocycles. The maximum atomic E-state index is 13.3. The van der Waals surface area contributed by atoms with E-state index in [1.165, 1.54) is 16.8 Å². The number of aromatic nitrogens is 3. The van der Waals surface area contributed by atoms with Crippen molar-refractivity contribution in [2.45, 2.75) is 33.1 Å². The average Bonchev–Trinajstić information content (AvgIpc) is 2.41. The van der Waals surface area contributed by atoms with Crippen molar-refractivity contribution < 1.29 is 4.39 Å². The second-order valence-electron chi connectivity index (χ2n) is 4.75. The Kier molecular flexibility index (Phi) is 2.03. The predicted molar refractivity (Wildman–Crippen MR) is 56.4 cm³/mol. The van der Waals surface area contributed by atoms with Gasteiger partial charge in [0.25, 0.3) is 0 Å². The maximum Gasteiger partial charge on any atom is 0.159 e. The van der Waals surface area contributed by atoms with Crippen LogP contribution in [0.4, 0.5) is 4.39 Å². The number of halogens is 1. The Morgan fingerprint density at radius 2 is 2.00 bits per heavy atom. The first-order chi connectivity index (χ1) is 6.88. The van der Waals surface area contributed by atoms with E-state index in [2.05, 4.69) is 10.1 Å². The van der Waals surface area contributed by atoms with Crippen molar-refractivity contribution in [1.29, 1.82) is 0 Å². The molecule has 0 radical (unpaired) electrons. The summed E-state index contributed by atoms with van der Waals surface area (Å²) in [6.45, 7) is 7.90. The van der Waals surface area contributed by atoms with Crippen LogP contribution in [0.5, 0.6) is 0 Å². The minimum atomic E-state index is -0.280. The van der Waals surface area contributed by atoms with Gasteiger partial charge in [-0.3, -0.25) is 0 Å². The summed E-state index contributed by atoms with van der Waals surface area (Å²) in [6, 6.07) is 1.53. The number of pyridine rings is 1. The Hall–Kier alpha value is -1.45. The monoisotopic (exact) mass is 207 g/mol. The number of hydrogen-bond donors (Lipinski definition) is 0. The Morgan fingerprint density at radius 3 is 2.60 bits per heavy atom. The number of fused-ring (bicyclic) bond motifs is 1. The van der Waals surface area contributed by atoms with Crippen LogP contribution in [-0.4, -0.2) is 14.6 Å². The van der Waals surface area contributed by atoms with E-state index >= 15 is 0 Å². The molecule has 3 nitrogen and oxygen atoms in total. The minimum absolute atomic E-state index is 0.136. The van der Waals surface area contributed by atoms with Gasteiger partial charge in [-0.05, 0) is 18.4 Å². The Balaban J connectivity index is 2.82. The van der Waals surface area contributed by atoms with Crippen LogP contribution in [0, 0.1) is 12.7 Å². The van der Waals surface area contributed by atoms with E-state index < -0.39 is 0 Å². The van der Waals surface area contributed by atoms with Crippen LogP contribution < -0.4 is 0 Å². The van der Waals surface area contributed by atoms with Crippen molar-refractivity contribution in [2.75, 3.05) is 0 Å². The topological polar surface area (TPSA) is 30.2 Å². The van der Waals surface area contributed by atoms with Crippen LogP contribution in [0.25, 0.3) is 5.65 Å². The van der Waals surface area contributed by atoms with E-state index in [0.717, 1.165) is 11.2 Å². The molecule has 0 unspecified atom stereocenters. The van der Waals surface area contributed by atoms with Crippen molar-refractivity contribution in [3.05, 3.63) is 29.5 Å². The highest BCUT2D eigenvalue weighted by atomic mass is 19.1. The number of hydrogen-bond acceptors (Lipinski definition) is 2. The molecule has 0 N–H and O–H groups in total. The van der Waals surface area contributed by atoms with Gasteiger partial charge in [0.05, 0.1) is 6.20 Å². The number of nitrogens with zero attached hydrogens (tertiary/aromatic N) is 3. The SMILES string of the molecule is Cc1nc2c(C(C)(C)C)cc(F)cn2n1. The zero-order valence-electron chi connectivity index (χ0n) is 9.37. The van der Waals surface area contributed by atoms with Gasteiger partial charge >= 0.3 is 0 Å². The summed E-state index contributed by atoms with van der Waals surface area (Å²) in [5, 5.41) is 4.11. The summed E-state index contributed by atoms with van der Waals surface area (Å²) >= 11 is 0. The lowest BCUT2D eigenvalue weighted by Gasteiger charge is -2.19. The molecule has 0 aliphatic heterocycles. The highest BCUT2D eigenvalue weighted by Crippen LogP contribution is 2.26. The van der Waals surface area contributed by atoms with E-state index in [1.54, 1.807) is 6.92 Å². The van der Waals surface area contributed by atoms with Crippen molar-refractivity contribution in [3.8, 4) is 0 Å². The van der Waals surface area contributed by atoms with Crippen LogP contribution in [0.1, 0.15) is 32.2 Å². The molecule has 80 valence electrons. The fourth-order valence-electron chi connectivity index (χ4n) is 1.61. The molecule has 0 spiro atoms. The number of aryl methyl sites for hydroxylation is 1. The quantitative estimate of drug-likeness (QED) is 0.664. The second-order valence-corrected chi connectivity index (χ2v) is 4.75. The van der Waals surface area contributed by atoms with Crippen LogP contribution in [0.3, 0.4) is 0 Å². The summed E-state index contributed by atoms with van der Waals surface area (Å²) in [5.74, 6) is 0.378. The number of rotatable bonds is 0. The smallest absolute Gasteiger partial charge is 0.159 e. The molecule has 2 heterocycles. The van der Waals surface area contributed by atoms with E-state index in [0.29, 0.717) is 5.82 Å². The molecule has 0 saturated heterocycles. The molecule has 0 aliphatic rings. The summed E-state index contributed by atoms with van der Waals surface area (Å²) in [6.07, 6.45) is 1.35. The Morgan fingerprint density at radius 1 is 1.33 bits per heavy atom. The summed E-state index contributed by atoms with van der Waals surface area (Å²) in [5.41, 5.74) is 1.48. The Labute approximate surface area is 87.9 Å². The average molecular weight is 207 g/mol. The fraction of sp³-hybridized carbons (Fsp3) is 0.455. The van der Waals surface area contributed by atoms with E-state index in [9.17, 15) is 4.39 Å². The second kappa shape index (κ2) is 3.02. The molecule has 0 aromatic carbocycles. The molecule has 0 atom stereocenters. The van der Waals surface area contributed by atoms with Crippen LogP contribution in [0.15, 0.2) is 12.3 Å². The highest BCUT2D eigenvalue weighted by Gasteiger charge is 2.20. The third-order valence-electron chi connectivity index (χ3n) is 2.31. The molecule has 4 heteroatoms. The van der Waals surface area contributed by atoms with Gasteiger partial charge in [0.1, 0.15) is 11.6 Å². The molecular formula is C11H14FN3. The van der Waals surface area contributed by atoms with Gasteiger partial charge in [0.15, 0.2) is 5.65 Å². The van der Waals surface area contributed by atoms with Gasteiger partial charge in [-0.2, -0.15) is 5.10 Å². The molecule has 0 amide bonds. The van der Waals surface area contributed by atoms with Crippen LogP contribution in [-0.2, 0) is 5.41 Å². The molecule has 0 fully saturated rings. The first kappa shape index (κ1) is 10.1. The van der Waals surface area contributed by atoms with E-state index in [-0.39, 0.29) is 11.2 Å². The molecule has 2 aromatic rings. The van der Waals surface area contributed by atoms with Crippen LogP contribution in [0.2, 0.25) is 0 Å². The molecule has 15 heavy (non-hydrogen) atoms. The third-order valence-corrected chi connectivity index (χ3v) is 2.31. The van der Waals surface area contributed by atoms with Crippen molar-refractivity contribution in [2.24, 2.45) is 0 Å². The van der Waals surface area contributed by atoms with Gasteiger partial charge in [-0.25, -0.2) is 13.9 Å². The summed E-state index contributed by atoms with van der Waals surface area (Å²) < 4.78 is 14.9. The van der Waals surface area contributed by atoms with Gasteiger partial charge in [0, 0.05) is 5.56 Å². The molecule has 0 bridgehead atoms. The van der Waals surface area contributed by atoms with Gasteiger partial charge < -0.3 is 0 Å². The lowest BCUT2D eigenvalue weighted by molar-refractivity contribution is 0.566. The minimum Gasteiger partial charge on any atom is -0.218 e. The van der Waals surface area contributed by atoms with Gasteiger partial charge in [0.2, 0.25) is 0 Å². The van der Waals surface area contributed by atoms with Crippen molar-refractivity contribution >= 4 is 5.65 Å². The zero-order chi connectivity index (χ0) is 11.2. The van der Waals surface area contributed by atoms with Crippen molar-refractivity contribution in [3.63, 3.8) is 0 Å². The lowest BCUT2D eigenvalue weighted by atomic mass is 9.88. The maximum absolute atomic E-state index is 13.3. The highest BCUT2D eigenvalue weighted by molar-refractivity contribution is 5.50. The largest absolute Gasteiger partial charge is 0.218 e. The van der Waals surface area contributed by atoms with Crippen molar-refractivity contribution in [1.82, 2.24) is 14.6 Å². The van der Waals surface area contributed by atoms with E-state index in [1.807, 2.05) is 20.8 Å². The molecule has 2 aromatic heterocycles. The normalized spacial score (nSPS) is 12.3. The first-order valence-corrected chi connectivity index (χ1v) is 4.91. The predicted octanol–water partition coefficient (Wildman–Crippen LogP) is 2.47. The fourth-order valence-corrected chi connectivity index (χ4v) is 1.61. The summed E-state index contributed by atoms with van der Waals surface area (Å²) in [7, 11) is 0. The molecular weight excluding hydrogens is 193 g/mol. The van der Waals surface area contributed by atoms with Gasteiger partial charge in [-0.1, -0.05) is 20.8 Å². The third kappa shape index (κ3) is 1.71. The van der Waals surface area contributed by atoms with E-state index in [4.69, 9.17) is 0 Å². The lowest BCUT2D eigenvalue weighted by Crippen LogP contribution is -2.14. The zero-order valence-corrected chi connectivity index (χ0v) is 9.37. The molecule has 0 saturated carbocycles. The van der Waals surface area contributed by atoms with Gasteiger partial charge in [-0.15, -0.1) is 0 Å². The Bertz CT molecular complexity index is 508. The summed E-state index contributed by atoms with van der Waals surface area (Å²) in [4.78, 5) is 4.31. The van der Waals surface area contributed by atoms with Crippen LogP contribution >= 0.6 is 0 Å². The first-order valence-electron chi connectivity index (χ1n) is 4.91.